The second-order valence-corrected chi connectivity index (χ2v) is 7.73. The van der Waals surface area contributed by atoms with Crippen molar-refractivity contribution in [3.8, 4) is 10.6 Å². The molecule has 3 heterocycles. The van der Waals surface area contributed by atoms with Gasteiger partial charge >= 0.3 is 0 Å². The Bertz CT molecular complexity index is 740. The molecule has 0 radical (unpaired) electrons. The van der Waals surface area contributed by atoms with Crippen LogP contribution in [0.3, 0.4) is 0 Å². The summed E-state index contributed by atoms with van der Waals surface area (Å²) < 4.78 is 17.6. The average Bonchev–Trinajstić information content (AvgIpc) is 3.12. The van der Waals surface area contributed by atoms with E-state index in [0.29, 0.717) is 17.4 Å². The van der Waals surface area contributed by atoms with Crippen LogP contribution in [0.25, 0.3) is 10.6 Å². The summed E-state index contributed by atoms with van der Waals surface area (Å²) in [5.74, 6) is 2.09. The normalized spacial score (nSPS) is 12.7. The lowest BCUT2D eigenvalue weighted by Gasteiger charge is -1.96. The van der Waals surface area contributed by atoms with E-state index in [0.717, 1.165) is 27.7 Å². The van der Waals surface area contributed by atoms with E-state index in [1.54, 1.807) is 22.7 Å². The van der Waals surface area contributed by atoms with Crippen LogP contribution in [0.2, 0.25) is 0 Å². The van der Waals surface area contributed by atoms with Crippen LogP contribution in [-0.2, 0) is 22.3 Å². The zero-order valence-corrected chi connectivity index (χ0v) is 14.1. The molecule has 1 unspecified atom stereocenters. The third kappa shape index (κ3) is 3.48. The third-order valence-corrected chi connectivity index (χ3v) is 5.80. The maximum atomic E-state index is 12.2. The fraction of sp³-hybridized carbons (Fsp3) is 0.286. The van der Waals surface area contributed by atoms with Gasteiger partial charge in [-0.05, 0) is 25.3 Å². The van der Waals surface area contributed by atoms with Crippen LogP contribution >= 0.6 is 22.7 Å². The molecule has 0 aromatic carbocycles. The summed E-state index contributed by atoms with van der Waals surface area (Å²) in [5.41, 5.74) is 2.84. The summed E-state index contributed by atoms with van der Waals surface area (Å²) in [7, 11) is -1.06. The minimum absolute atomic E-state index is 0.333. The smallest absolute Gasteiger partial charge is 0.207 e. The maximum Gasteiger partial charge on any atom is 0.207 e. The van der Waals surface area contributed by atoms with Crippen LogP contribution in [-0.4, -0.2) is 14.2 Å². The summed E-state index contributed by atoms with van der Waals surface area (Å²) in [6.45, 7) is 3.75. The number of aromatic nitrogens is 2. The first-order chi connectivity index (χ1) is 10.1. The Labute approximate surface area is 133 Å². The summed E-state index contributed by atoms with van der Waals surface area (Å²) in [6, 6.07) is 2.04. The molecule has 0 aliphatic carbocycles. The number of thiazole rings is 1. The van der Waals surface area contributed by atoms with Crippen molar-refractivity contribution >= 4 is 33.5 Å². The van der Waals surface area contributed by atoms with E-state index in [1.807, 2.05) is 30.7 Å². The molecule has 0 amide bonds. The molecular formula is C14H14N2O2S3. The zero-order valence-electron chi connectivity index (χ0n) is 11.7. The first-order valence-electron chi connectivity index (χ1n) is 6.36. The van der Waals surface area contributed by atoms with Crippen molar-refractivity contribution in [2.24, 2.45) is 0 Å². The molecule has 3 rings (SSSR count). The lowest BCUT2D eigenvalue weighted by Crippen LogP contribution is -2.00. The molecule has 0 saturated carbocycles. The van der Waals surface area contributed by atoms with E-state index in [4.69, 9.17) is 4.42 Å². The topological polar surface area (TPSA) is 56.0 Å². The van der Waals surface area contributed by atoms with Crippen molar-refractivity contribution in [1.82, 2.24) is 9.97 Å². The molecule has 0 N–H and O–H groups in total. The highest BCUT2D eigenvalue weighted by Gasteiger charge is 2.12. The van der Waals surface area contributed by atoms with E-state index < -0.39 is 10.8 Å². The highest BCUT2D eigenvalue weighted by molar-refractivity contribution is 7.83. The predicted octanol–water partition coefficient (Wildman–Crippen LogP) is 3.93. The van der Waals surface area contributed by atoms with Gasteiger partial charge in [0.15, 0.2) is 0 Å². The molecule has 3 aromatic rings. The Balaban J connectivity index is 1.65. The molecule has 7 heteroatoms. The highest BCUT2D eigenvalue weighted by Crippen LogP contribution is 2.26. The fourth-order valence-corrected chi connectivity index (χ4v) is 4.46. The second kappa shape index (κ2) is 6.21. The Hall–Kier alpha value is -1.31. The van der Waals surface area contributed by atoms with E-state index in [1.165, 1.54) is 0 Å². The van der Waals surface area contributed by atoms with Crippen molar-refractivity contribution in [1.29, 1.82) is 0 Å². The summed E-state index contributed by atoms with van der Waals surface area (Å²) >= 11 is 3.23. The molecule has 0 saturated heterocycles. The van der Waals surface area contributed by atoms with Gasteiger partial charge in [-0.25, -0.2) is 9.97 Å². The summed E-state index contributed by atoms with van der Waals surface area (Å²) in [6.07, 6.45) is 0. The van der Waals surface area contributed by atoms with Gasteiger partial charge in [-0.1, -0.05) is 0 Å². The van der Waals surface area contributed by atoms with Gasteiger partial charge in [-0.3, -0.25) is 4.21 Å². The minimum atomic E-state index is -1.06. The first kappa shape index (κ1) is 14.6. The number of thiophene rings is 1. The standard InChI is InChI=1S/C14H14N2O2S3/c1-9-10(2)18-13(15-9)8-21(17)7-12-6-20-14(16-12)11-3-4-19-5-11/h3-6H,7-8H2,1-2H3. The van der Waals surface area contributed by atoms with Crippen molar-refractivity contribution in [3.05, 3.63) is 45.2 Å². The van der Waals surface area contributed by atoms with Crippen molar-refractivity contribution < 1.29 is 8.63 Å². The van der Waals surface area contributed by atoms with Gasteiger partial charge < -0.3 is 4.42 Å². The van der Waals surface area contributed by atoms with Crippen molar-refractivity contribution in [3.63, 3.8) is 0 Å². The first-order valence-corrected chi connectivity index (χ1v) is 9.67. The molecular weight excluding hydrogens is 324 g/mol. The van der Waals surface area contributed by atoms with Crippen LogP contribution in [0.5, 0.6) is 0 Å². The van der Waals surface area contributed by atoms with E-state index in [-0.39, 0.29) is 0 Å². The summed E-state index contributed by atoms with van der Waals surface area (Å²) in [4.78, 5) is 8.80. The van der Waals surface area contributed by atoms with Gasteiger partial charge in [-0.2, -0.15) is 11.3 Å². The molecule has 1 atom stereocenters. The van der Waals surface area contributed by atoms with Gasteiger partial charge in [0.1, 0.15) is 16.5 Å². The Morgan fingerprint density at radius 3 is 2.76 bits per heavy atom. The molecule has 0 bridgehead atoms. The Morgan fingerprint density at radius 2 is 2.10 bits per heavy atom. The number of oxazole rings is 1. The lowest BCUT2D eigenvalue weighted by molar-refractivity contribution is 0.487. The molecule has 3 aromatic heterocycles. The quantitative estimate of drug-likeness (QED) is 0.707. The number of hydrogen-bond donors (Lipinski definition) is 0. The lowest BCUT2D eigenvalue weighted by atomic mass is 10.4. The van der Waals surface area contributed by atoms with Crippen LogP contribution in [0.1, 0.15) is 23.0 Å². The van der Waals surface area contributed by atoms with Gasteiger partial charge in [0.2, 0.25) is 5.89 Å². The molecule has 110 valence electrons. The third-order valence-electron chi connectivity index (χ3n) is 2.99. The van der Waals surface area contributed by atoms with Crippen LogP contribution in [0.15, 0.2) is 26.6 Å². The van der Waals surface area contributed by atoms with Crippen molar-refractivity contribution in [2.75, 3.05) is 0 Å². The largest absolute Gasteiger partial charge is 0.445 e. The Kier molecular flexibility index (Phi) is 4.32. The summed E-state index contributed by atoms with van der Waals surface area (Å²) in [5, 5.41) is 7.04. The average molecular weight is 338 g/mol. The Morgan fingerprint density at radius 1 is 1.24 bits per heavy atom. The SMILES string of the molecule is Cc1nc(CS(=O)Cc2csc(-c3ccsc3)n2)oc1C. The predicted molar refractivity (Wildman–Crippen MR) is 87.0 cm³/mol. The molecule has 0 aliphatic rings. The van der Waals surface area contributed by atoms with Gasteiger partial charge in [0.05, 0.1) is 17.1 Å². The second-order valence-electron chi connectivity index (χ2n) is 4.63. The minimum Gasteiger partial charge on any atom is -0.445 e. The van der Waals surface area contributed by atoms with E-state index in [9.17, 15) is 4.21 Å². The number of rotatable bonds is 5. The number of hydrogen-bond acceptors (Lipinski definition) is 6. The molecule has 4 nitrogen and oxygen atoms in total. The highest BCUT2D eigenvalue weighted by atomic mass is 32.2. The van der Waals surface area contributed by atoms with Crippen molar-refractivity contribution in [2.45, 2.75) is 25.4 Å². The van der Waals surface area contributed by atoms with Crippen LogP contribution in [0, 0.1) is 13.8 Å². The van der Waals surface area contributed by atoms with Gasteiger partial charge in [0.25, 0.3) is 0 Å². The number of nitrogens with zero attached hydrogens (tertiary/aromatic N) is 2. The molecule has 21 heavy (non-hydrogen) atoms. The van der Waals surface area contributed by atoms with E-state index >= 15 is 0 Å². The fourth-order valence-electron chi connectivity index (χ4n) is 1.85. The molecule has 0 spiro atoms. The molecule has 0 fully saturated rings. The maximum absolute atomic E-state index is 12.2. The van der Waals surface area contributed by atoms with Crippen LogP contribution < -0.4 is 0 Å². The molecule has 0 aliphatic heterocycles. The monoisotopic (exact) mass is 338 g/mol. The zero-order chi connectivity index (χ0) is 14.8. The van der Waals surface area contributed by atoms with E-state index in [2.05, 4.69) is 15.3 Å². The van der Waals surface area contributed by atoms with Crippen LogP contribution in [0.4, 0.5) is 0 Å². The van der Waals surface area contributed by atoms with Gasteiger partial charge in [-0.15, -0.1) is 11.3 Å². The number of aryl methyl sites for hydroxylation is 2. The van der Waals surface area contributed by atoms with Gasteiger partial charge in [0, 0.05) is 27.1 Å².